The Morgan fingerprint density at radius 3 is 2.39 bits per heavy atom. The normalized spacial score (nSPS) is 13.4. The van der Waals surface area contributed by atoms with Gasteiger partial charge in [-0.15, -0.1) is 6.42 Å². The van der Waals surface area contributed by atoms with E-state index in [2.05, 4.69) is 30.3 Å². The maximum Gasteiger partial charge on any atom is 0.121 e. The highest BCUT2D eigenvalue weighted by molar-refractivity contribution is 5.52. The second-order valence-corrected chi connectivity index (χ2v) is 4.63. The second kappa shape index (κ2) is 4.98. The topological polar surface area (TPSA) is 12.0 Å². The van der Waals surface area contributed by atoms with Gasteiger partial charge in [-0.25, -0.2) is 0 Å². The molecule has 1 unspecified atom stereocenters. The van der Waals surface area contributed by atoms with Crippen LogP contribution in [0.2, 0.25) is 0 Å². The van der Waals surface area contributed by atoms with E-state index in [1.807, 2.05) is 49.4 Å². The van der Waals surface area contributed by atoms with E-state index in [1.165, 1.54) is 5.56 Å². The van der Waals surface area contributed by atoms with Gasteiger partial charge in [0.05, 0.1) is 0 Å². The first-order chi connectivity index (χ1) is 8.64. The lowest BCUT2D eigenvalue weighted by Crippen LogP contribution is -2.29. The Labute approximate surface area is 109 Å². The van der Waals surface area contributed by atoms with Gasteiger partial charge in [-0.2, -0.15) is 0 Å². The van der Waals surface area contributed by atoms with Crippen molar-refractivity contribution in [2.75, 3.05) is 5.32 Å². The fourth-order valence-electron chi connectivity index (χ4n) is 1.97. The summed E-state index contributed by atoms with van der Waals surface area (Å²) >= 11 is 0. The molecular weight excluding hydrogens is 218 g/mol. The molecule has 0 heterocycles. The summed E-state index contributed by atoms with van der Waals surface area (Å²) in [6.07, 6.45) is 5.71. The van der Waals surface area contributed by atoms with Crippen molar-refractivity contribution in [1.82, 2.24) is 0 Å². The third kappa shape index (κ3) is 2.55. The molecule has 2 rings (SSSR count). The molecule has 0 saturated heterocycles. The minimum Gasteiger partial charge on any atom is -0.366 e. The van der Waals surface area contributed by atoms with E-state index >= 15 is 0 Å². The Morgan fingerprint density at radius 2 is 1.78 bits per heavy atom. The third-order valence-electron chi connectivity index (χ3n) is 3.05. The zero-order chi connectivity index (χ0) is 13.0. The van der Waals surface area contributed by atoms with E-state index in [9.17, 15) is 0 Å². The minimum atomic E-state index is -0.491. The average Bonchev–Trinajstić information content (AvgIpc) is 2.39. The molecule has 0 aromatic heterocycles. The summed E-state index contributed by atoms with van der Waals surface area (Å²) in [5, 5.41) is 3.43. The minimum absolute atomic E-state index is 0.491. The molecule has 1 heteroatoms. The van der Waals surface area contributed by atoms with Crippen molar-refractivity contribution in [2.45, 2.75) is 19.4 Å². The molecule has 0 bridgehead atoms. The average molecular weight is 235 g/mol. The predicted octanol–water partition coefficient (Wildman–Crippen LogP) is 3.96. The molecule has 0 aliphatic rings. The molecule has 18 heavy (non-hydrogen) atoms. The van der Waals surface area contributed by atoms with Crippen LogP contribution in [0.5, 0.6) is 0 Å². The third-order valence-corrected chi connectivity index (χ3v) is 3.05. The van der Waals surface area contributed by atoms with Gasteiger partial charge < -0.3 is 5.32 Å². The van der Waals surface area contributed by atoms with E-state index in [4.69, 9.17) is 6.42 Å². The molecule has 1 N–H and O–H groups in total. The van der Waals surface area contributed by atoms with Gasteiger partial charge in [-0.3, -0.25) is 0 Å². The molecule has 0 aliphatic heterocycles. The van der Waals surface area contributed by atoms with Crippen molar-refractivity contribution in [2.24, 2.45) is 0 Å². The first-order valence-corrected chi connectivity index (χ1v) is 6.02. The quantitative estimate of drug-likeness (QED) is 0.794. The number of anilines is 1. The van der Waals surface area contributed by atoms with Crippen molar-refractivity contribution in [3.05, 3.63) is 65.7 Å². The van der Waals surface area contributed by atoms with E-state index < -0.39 is 5.54 Å². The van der Waals surface area contributed by atoms with E-state index in [-0.39, 0.29) is 0 Å². The first-order valence-electron chi connectivity index (χ1n) is 6.02. The SMILES string of the molecule is C#CC(C)(Nc1cccc(C)c1)c1ccccc1. The molecule has 2 aromatic carbocycles. The molecule has 2 aromatic rings. The molecule has 90 valence electrons. The molecule has 0 spiro atoms. The summed E-state index contributed by atoms with van der Waals surface area (Å²) in [5.41, 5.74) is 2.86. The van der Waals surface area contributed by atoms with Gasteiger partial charge in [0, 0.05) is 5.69 Å². The van der Waals surface area contributed by atoms with Crippen molar-refractivity contribution in [3.63, 3.8) is 0 Å². The monoisotopic (exact) mass is 235 g/mol. The Bertz CT molecular complexity index is 566. The van der Waals surface area contributed by atoms with Gasteiger partial charge in [0.2, 0.25) is 0 Å². The van der Waals surface area contributed by atoms with E-state index in [0.717, 1.165) is 11.3 Å². The number of benzene rings is 2. The number of terminal acetylenes is 1. The highest BCUT2D eigenvalue weighted by Gasteiger charge is 2.23. The summed E-state index contributed by atoms with van der Waals surface area (Å²) in [7, 11) is 0. The van der Waals surface area contributed by atoms with Gasteiger partial charge in [0.15, 0.2) is 0 Å². The number of hydrogen-bond donors (Lipinski definition) is 1. The number of aryl methyl sites for hydroxylation is 1. The molecule has 0 amide bonds. The largest absolute Gasteiger partial charge is 0.366 e. The van der Waals surface area contributed by atoms with Crippen molar-refractivity contribution in [1.29, 1.82) is 0 Å². The van der Waals surface area contributed by atoms with Crippen molar-refractivity contribution >= 4 is 5.69 Å². The van der Waals surface area contributed by atoms with E-state index in [1.54, 1.807) is 0 Å². The maximum atomic E-state index is 5.71. The van der Waals surface area contributed by atoms with Crippen LogP contribution in [0.15, 0.2) is 54.6 Å². The Kier molecular flexibility index (Phi) is 3.39. The molecule has 0 aliphatic carbocycles. The molecule has 1 nitrogen and oxygen atoms in total. The van der Waals surface area contributed by atoms with Crippen LogP contribution < -0.4 is 5.32 Å². The zero-order valence-electron chi connectivity index (χ0n) is 10.8. The summed E-state index contributed by atoms with van der Waals surface area (Å²) < 4.78 is 0. The predicted molar refractivity (Wildman–Crippen MR) is 77.4 cm³/mol. The Balaban J connectivity index is 2.33. The van der Waals surface area contributed by atoms with Gasteiger partial charge in [0.1, 0.15) is 5.54 Å². The van der Waals surface area contributed by atoms with Crippen molar-refractivity contribution < 1.29 is 0 Å². The smallest absolute Gasteiger partial charge is 0.121 e. The highest BCUT2D eigenvalue weighted by atomic mass is 15.0. The standard InChI is InChI=1S/C17H17N/c1-4-17(3,15-10-6-5-7-11-15)18-16-12-8-9-14(2)13-16/h1,5-13,18H,2-3H3. The number of nitrogens with one attached hydrogen (secondary N) is 1. The number of rotatable bonds is 3. The van der Waals surface area contributed by atoms with Gasteiger partial charge in [-0.1, -0.05) is 48.4 Å². The molecular formula is C17H17N. The lowest BCUT2D eigenvalue weighted by molar-refractivity contribution is 0.719. The second-order valence-electron chi connectivity index (χ2n) is 4.63. The van der Waals surface area contributed by atoms with Crippen LogP contribution >= 0.6 is 0 Å². The fourth-order valence-corrected chi connectivity index (χ4v) is 1.97. The van der Waals surface area contributed by atoms with Gasteiger partial charge >= 0.3 is 0 Å². The molecule has 0 saturated carbocycles. The Hall–Kier alpha value is -2.20. The number of hydrogen-bond acceptors (Lipinski definition) is 1. The van der Waals surface area contributed by atoms with Crippen molar-refractivity contribution in [3.8, 4) is 12.3 Å². The van der Waals surface area contributed by atoms with Crippen LogP contribution in [-0.2, 0) is 5.54 Å². The lowest BCUT2D eigenvalue weighted by atomic mass is 9.92. The summed E-state index contributed by atoms with van der Waals surface area (Å²) in [6.45, 7) is 4.09. The van der Waals surface area contributed by atoms with Gasteiger partial charge in [-0.05, 0) is 37.1 Å². The Morgan fingerprint density at radius 1 is 1.06 bits per heavy atom. The van der Waals surface area contributed by atoms with Crippen LogP contribution in [0.4, 0.5) is 5.69 Å². The molecule has 1 atom stereocenters. The van der Waals surface area contributed by atoms with Crippen LogP contribution in [0.1, 0.15) is 18.1 Å². The first kappa shape index (κ1) is 12.3. The van der Waals surface area contributed by atoms with E-state index in [0.29, 0.717) is 0 Å². The summed E-state index contributed by atoms with van der Waals surface area (Å²) in [4.78, 5) is 0. The summed E-state index contributed by atoms with van der Waals surface area (Å²) in [5.74, 6) is 2.85. The van der Waals surface area contributed by atoms with Crippen LogP contribution in [0.3, 0.4) is 0 Å². The van der Waals surface area contributed by atoms with Crippen LogP contribution in [0, 0.1) is 19.3 Å². The fraction of sp³-hybridized carbons (Fsp3) is 0.176. The molecule has 0 fully saturated rings. The molecule has 0 radical (unpaired) electrons. The van der Waals surface area contributed by atoms with Crippen LogP contribution in [-0.4, -0.2) is 0 Å². The summed E-state index contributed by atoms with van der Waals surface area (Å²) in [6, 6.07) is 18.3. The zero-order valence-corrected chi connectivity index (χ0v) is 10.8. The maximum absolute atomic E-state index is 5.71. The highest BCUT2D eigenvalue weighted by Crippen LogP contribution is 2.25. The lowest BCUT2D eigenvalue weighted by Gasteiger charge is -2.27. The van der Waals surface area contributed by atoms with Gasteiger partial charge in [0.25, 0.3) is 0 Å². The van der Waals surface area contributed by atoms with Crippen LogP contribution in [0.25, 0.3) is 0 Å².